The normalized spacial score (nSPS) is 14.1. The van der Waals surface area contributed by atoms with Gasteiger partial charge in [0.2, 0.25) is 5.91 Å². The van der Waals surface area contributed by atoms with Gasteiger partial charge in [-0.05, 0) is 80.3 Å². The van der Waals surface area contributed by atoms with E-state index in [0.717, 1.165) is 47.4 Å². The smallest absolute Gasteiger partial charge is 0.319 e. The van der Waals surface area contributed by atoms with Crippen molar-refractivity contribution in [2.45, 2.75) is 45.2 Å². The monoisotopic (exact) mass is 623 g/mol. The molecule has 11 nitrogen and oxygen atoms in total. The number of nitrogens with zero attached hydrogens (tertiary/aromatic N) is 3. The van der Waals surface area contributed by atoms with Crippen LogP contribution in [0.2, 0.25) is 0 Å². The first-order valence-corrected chi connectivity index (χ1v) is 15.6. The molecule has 5 rings (SSSR count). The van der Waals surface area contributed by atoms with E-state index in [2.05, 4.69) is 16.0 Å². The Morgan fingerprint density at radius 1 is 0.978 bits per heavy atom. The second-order valence-corrected chi connectivity index (χ2v) is 11.6. The molecule has 1 fully saturated rings. The Kier molecular flexibility index (Phi) is 10.1. The molecule has 0 saturated carbocycles. The molecule has 0 spiro atoms. The number of amides is 2. The summed E-state index contributed by atoms with van der Waals surface area (Å²) in [5.74, 6) is 0.0266. The number of benzene rings is 3. The largest absolute Gasteiger partial charge is 0.465 e. The molecule has 11 heteroatoms. The first kappa shape index (κ1) is 32.4. The topological polar surface area (TPSA) is 141 Å². The molecule has 1 saturated heterocycles. The summed E-state index contributed by atoms with van der Waals surface area (Å²) in [6, 6.07) is 21.9. The molecule has 1 aliphatic rings. The number of ether oxygens (including phenoxy) is 1. The summed E-state index contributed by atoms with van der Waals surface area (Å²) in [4.78, 5) is 45.3. The lowest BCUT2D eigenvalue weighted by Gasteiger charge is -2.34. The second-order valence-electron chi connectivity index (χ2n) is 11.6. The fourth-order valence-corrected chi connectivity index (χ4v) is 5.56. The van der Waals surface area contributed by atoms with Crippen molar-refractivity contribution >= 4 is 40.3 Å². The lowest BCUT2D eigenvalue weighted by molar-refractivity contribution is -0.144. The third kappa shape index (κ3) is 7.26. The Morgan fingerprint density at radius 3 is 2.39 bits per heavy atom. The van der Waals surface area contributed by atoms with E-state index in [1.54, 1.807) is 36.4 Å². The molecule has 0 radical (unpaired) electrons. The minimum Gasteiger partial charge on any atom is -0.465 e. The SMILES string of the molecule is CCCOC(=O)CNC(C)(C(=O)N1CCCC1)c1ccc2c(c1)nc(CNc1ccc(C(=N)NC(=O)c3ccccc3)cc1)n2C. The minimum atomic E-state index is -1.13. The molecule has 4 aromatic rings. The minimum absolute atomic E-state index is 0.0223. The summed E-state index contributed by atoms with van der Waals surface area (Å²) in [6.07, 6.45) is 2.66. The fourth-order valence-electron chi connectivity index (χ4n) is 5.56. The highest BCUT2D eigenvalue weighted by Crippen LogP contribution is 2.29. The van der Waals surface area contributed by atoms with Gasteiger partial charge in [-0.25, -0.2) is 4.98 Å². The maximum atomic E-state index is 13.8. The molecule has 4 N–H and O–H groups in total. The van der Waals surface area contributed by atoms with E-state index in [1.165, 1.54) is 0 Å². The quantitative estimate of drug-likeness (QED) is 0.105. The summed E-state index contributed by atoms with van der Waals surface area (Å²) in [5.41, 5.74) is 3.17. The van der Waals surface area contributed by atoms with Crippen molar-refractivity contribution in [1.82, 2.24) is 25.1 Å². The van der Waals surface area contributed by atoms with Crippen molar-refractivity contribution in [2.24, 2.45) is 7.05 Å². The summed E-state index contributed by atoms with van der Waals surface area (Å²) < 4.78 is 7.26. The highest BCUT2D eigenvalue weighted by atomic mass is 16.5. The van der Waals surface area contributed by atoms with Crippen molar-refractivity contribution in [1.29, 1.82) is 5.41 Å². The number of anilines is 1. The van der Waals surface area contributed by atoms with Crippen LogP contribution < -0.4 is 16.0 Å². The van der Waals surface area contributed by atoms with Gasteiger partial charge < -0.3 is 24.8 Å². The van der Waals surface area contributed by atoms with Crippen molar-refractivity contribution in [3.8, 4) is 0 Å². The maximum absolute atomic E-state index is 13.8. The lowest BCUT2D eigenvalue weighted by atomic mass is 9.89. The van der Waals surface area contributed by atoms with Crippen LogP contribution in [-0.4, -0.2) is 64.3 Å². The van der Waals surface area contributed by atoms with Crippen LogP contribution in [0, 0.1) is 5.41 Å². The number of hydrogen-bond acceptors (Lipinski definition) is 8. The Morgan fingerprint density at radius 2 is 1.70 bits per heavy atom. The number of likely N-dealkylation sites (tertiary alicyclic amines) is 1. The summed E-state index contributed by atoms with van der Waals surface area (Å²) in [7, 11) is 1.95. The molecule has 1 atom stereocenters. The number of aryl methyl sites for hydroxylation is 1. The van der Waals surface area contributed by atoms with Gasteiger partial charge in [0.15, 0.2) is 0 Å². The average molecular weight is 624 g/mol. The van der Waals surface area contributed by atoms with E-state index in [-0.39, 0.29) is 24.2 Å². The van der Waals surface area contributed by atoms with Crippen molar-refractivity contribution in [3.05, 3.63) is 95.3 Å². The maximum Gasteiger partial charge on any atom is 0.319 e. The zero-order chi connectivity index (χ0) is 32.7. The number of carbonyl (C=O) groups excluding carboxylic acids is 3. The summed E-state index contributed by atoms with van der Waals surface area (Å²) in [5, 5.41) is 17.5. The summed E-state index contributed by atoms with van der Waals surface area (Å²) >= 11 is 0. The predicted molar refractivity (Wildman–Crippen MR) is 178 cm³/mol. The molecule has 1 aliphatic heterocycles. The van der Waals surface area contributed by atoms with Gasteiger partial charge in [-0.3, -0.25) is 25.1 Å². The lowest BCUT2D eigenvalue weighted by Crippen LogP contribution is -2.54. The van der Waals surface area contributed by atoms with Crippen LogP contribution in [0.15, 0.2) is 72.8 Å². The van der Waals surface area contributed by atoms with Gasteiger partial charge in [-0.15, -0.1) is 0 Å². The number of esters is 1. The molecule has 2 amide bonds. The Balaban J connectivity index is 1.28. The van der Waals surface area contributed by atoms with E-state index < -0.39 is 11.5 Å². The van der Waals surface area contributed by atoms with Crippen LogP contribution in [0.1, 0.15) is 60.4 Å². The molecule has 0 aliphatic carbocycles. The van der Waals surface area contributed by atoms with Crippen molar-refractivity contribution in [3.63, 3.8) is 0 Å². The predicted octanol–water partition coefficient (Wildman–Crippen LogP) is 4.32. The van der Waals surface area contributed by atoms with Crippen molar-refractivity contribution in [2.75, 3.05) is 31.6 Å². The van der Waals surface area contributed by atoms with Crippen LogP contribution in [-0.2, 0) is 33.5 Å². The highest BCUT2D eigenvalue weighted by Gasteiger charge is 2.40. The second kappa shape index (κ2) is 14.4. The molecule has 240 valence electrons. The number of aromatic nitrogens is 2. The van der Waals surface area contributed by atoms with E-state index in [0.29, 0.717) is 37.4 Å². The van der Waals surface area contributed by atoms with Gasteiger partial charge in [0.25, 0.3) is 5.91 Å². The van der Waals surface area contributed by atoms with Gasteiger partial charge >= 0.3 is 5.97 Å². The van der Waals surface area contributed by atoms with Crippen LogP contribution >= 0.6 is 0 Å². The fraction of sp³-hybridized carbons (Fsp3) is 0.343. The Labute approximate surface area is 268 Å². The number of hydrogen-bond donors (Lipinski definition) is 4. The van der Waals surface area contributed by atoms with Gasteiger partial charge in [0, 0.05) is 37.0 Å². The van der Waals surface area contributed by atoms with Gasteiger partial charge in [0.1, 0.15) is 17.2 Å². The molecule has 1 aromatic heterocycles. The number of fused-ring (bicyclic) bond motifs is 1. The molecule has 46 heavy (non-hydrogen) atoms. The molecule has 1 unspecified atom stereocenters. The number of imidazole rings is 1. The number of carbonyl (C=O) groups is 3. The zero-order valence-electron chi connectivity index (χ0n) is 26.6. The standard InChI is InChI=1S/C35H41N7O4/c1-4-20-46-31(43)23-38-35(2,34(45)42-18-8-9-19-42)26-14-17-29-28(21-26)39-30(41(29)3)22-37-27-15-12-24(13-16-27)32(36)40-33(44)25-10-6-5-7-11-25/h5-7,10-17,21,37-38H,4,8-9,18-20,22-23H2,1-3H3,(H2,36,40,44). The Bertz CT molecular complexity index is 1710. The van der Waals surface area contributed by atoms with Gasteiger partial charge in [-0.2, -0.15) is 0 Å². The molecule has 0 bridgehead atoms. The molecular weight excluding hydrogens is 582 g/mol. The molecule has 2 heterocycles. The van der Waals surface area contributed by atoms with Crippen LogP contribution in [0.4, 0.5) is 5.69 Å². The summed E-state index contributed by atoms with van der Waals surface area (Å²) in [6.45, 7) is 5.85. The molecular formula is C35H41N7O4. The van der Waals surface area contributed by atoms with Gasteiger partial charge in [0.05, 0.1) is 30.7 Å². The first-order valence-electron chi connectivity index (χ1n) is 15.6. The molecule has 3 aromatic carbocycles. The highest BCUT2D eigenvalue weighted by molar-refractivity contribution is 6.11. The van der Waals surface area contributed by atoms with Crippen molar-refractivity contribution < 1.29 is 19.1 Å². The zero-order valence-corrected chi connectivity index (χ0v) is 26.6. The van der Waals surface area contributed by atoms with Crippen LogP contribution in [0.5, 0.6) is 0 Å². The third-order valence-electron chi connectivity index (χ3n) is 8.32. The van der Waals surface area contributed by atoms with Crippen LogP contribution in [0.3, 0.4) is 0 Å². The first-order chi connectivity index (χ1) is 22.2. The number of nitrogens with one attached hydrogen (secondary N) is 4. The van der Waals surface area contributed by atoms with E-state index in [9.17, 15) is 14.4 Å². The van der Waals surface area contributed by atoms with E-state index in [4.69, 9.17) is 15.1 Å². The van der Waals surface area contributed by atoms with Gasteiger partial charge in [-0.1, -0.05) is 31.2 Å². The van der Waals surface area contributed by atoms with Crippen LogP contribution in [0.25, 0.3) is 11.0 Å². The van der Waals surface area contributed by atoms with E-state index in [1.807, 2.05) is 66.8 Å². The average Bonchev–Trinajstić information content (AvgIpc) is 3.73. The Hall–Kier alpha value is -5.03. The number of amidine groups is 1. The third-order valence-corrected chi connectivity index (χ3v) is 8.32. The number of rotatable bonds is 12. The van der Waals surface area contributed by atoms with E-state index >= 15 is 0 Å².